The summed E-state index contributed by atoms with van der Waals surface area (Å²) in [6.45, 7) is 8.36. The predicted octanol–water partition coefficient (Wildman–Crippen LogP) is 6.80. The van der Waals surface area contributed by atoms with Crippen molar-refractivity contribution in [3.63, 3.8) is 0 Å². The lowest BCUT2D eigenvalue weighted by molar-refractivity contribution is -0.223. The zero-order valence-electron chi connectivity index (χ0n) is 27.4. The number of amides is 1. The highest BCUT2D eigenvalue weighted by molar-refractivity contribution is 8.00. The van der Waals surface area contributed by atoms with E-state index in [4.69, 9.17) is 19.5 Å². The van der Waals surface area contributed by atoms with Gasteiger partial charge < -0.3 is 34.9 Å². The molecule has 3 aliphatic rings. The molecule has 9 nitrogen and oxygen atoms in total. The van der Waals surface area contributed by atoms with Crippen LogP contribution in [-0.4, -0.2) is 64.4 Å². The molecule has 0 bridgehead atoms. The molecule has 0 aromatic heterocycles. The van der Waals surface area contributed by atoms with Gasteiger partial charge in [0.1, 0.15) is 18.1 Å². The second kappa shape index (κ2) is 16.2. The summed E-state index contributed by atoms with van der Waals surface area (Å²) in [6.07, 6.45) is 9.57. The third-order valence-electron chi connectivity index (χ3n) is 9.39. The van der Waals surface area contributed by atoms with Gasteiger partial charge in [0, 0.05) is 48.6 Å². The Balaban J connectivity index is 1.68. The number of aliphatic hydroxyl groups excluding tert-OH is 2. The van der Waals surface area contributed by atoms with Crippen LogP contribution in [0.3, 0.4) is 0 Å². The fourth-order valence-electron chi connectivity index (χ4n) is 7.56. The van der Waals surface area contributed by atoms with Crippen LogP contribution < -0.4 is 10.1 Å². The minimum Gasteiger partial charge on any atom is -0.508 e. The van der Waals surface area contributed by atoms with Crippen LogP contribution in [0.2, 0.25) is 0 Å². The third-order valence-corrected chi connectivity index (χ3v) is 10.7. The summed E-state index contributed by atoms with van der Waals surface area (Å²) in [4.78, 5) is 18.4. The number of aromatic hydroxyl groups is 1. The molecule has 0 unspecified atom stereocenters. The molecule has 47 heavy (non-hydrogen) atoms. The Morgan fingerprint density at radius 3 is 2.55 bits per heavy atom. The van der Waals surface area contributed by atoms with Gasteiger partial charge in [0.15, 0.2) is 0 Å². The van der Waals surface area contributed by atoms with E-state index in [1.807, 2.05) is 43.3 Å². The van der Waals surface area contributed by atoms with Crippen LogP contribution >= 0.6 is 11.8 Å². The van der Waals surface area contributed by atoms with Gasteiger partial charge in [-0.2, -0.15) is 0 Å². The highest BCUT2D eigenvalue weighted by Gasteiger charge is 2.64. The van der Waals surface area contributed by atoms with Gasteiger partial charge in [-0.25, -0.2) is 0 Å². The SMILES string of the molecule is C=CCO[C@@]12Oc3ccc(O)cc3[C@H]3[C@H](CCCCO)[C@@H](CCCCO)C=C(C(=NOCC)C[C@@H]1Sc1ccc(NC(C)=O)cc1)[C@H]32. The number of nitrogens with zero attached hydrogens (tertiary/aromatic N) is 1. The van der Waals surface area contributed by atoms with Crippen LogP contribution in [0.4, 0.5) is 5.69 Å². The second-order valence-corrected chi connectivity index (χ2v) is 13.8. The standard InChI is InChI=1S/C37H48N2O7S/c1-4-20-44-37-34(47-28-15-12-26(13-16-28)38-24(3)42)23-32(39-45-5-2)30-21-25(10-6-8-18-40)29(11-7-9-19-41)35(36(30)37)31-22-27(43)14-17-33(31)46-37/h4,12-17,21-22,25,29,34-36,40-41,43H,1,5-11,18-20,23H2,2-3H3,(H,38,42)/t25-,29+,34-,35+,36+,37+/m0/s1. The summed E-state index contributed by atoms with van der Waals surface area (Å²) in [6, 6.07) is 13.1. The molecule has 254 valence electrons. The fourth-order valence-corrected chi connectivity index (χ4v) is 8.85. The van der Waals surface area contributed by atoms with Crippen LogP contribution in [0.1, 0.15) is 70.3 Å². The molecule has 2 aromatic rings. The topological polar surface area (TPSA) is 130 Å². The van der Waals surface area contributed by atoms with Crippen molar-refractivity contribution >= 4 is 29.1 Å². The van der Waals surface area contributed by atoms with Gasteiger partial charge in [-0.15, -0.1) is 18.3 Å². The van der Waals surface area contributed by atoms with Crippen LogP contribution in [-0.2, 0) is 14.4 Å². The van der Waals surface area contributed by atoms with Crippen LogP contribution in [0.5, 0.6) is 11.5 Å². The molecule has 2 aliphatic carbocycles. The van der Waals surface area contributed by atoms with E-state index in [9.17, 15) is 20.1 Å². The molecular weight excluding hydrogens is 616 g/mol. The van der Waals surface area contributed by atoms with Gasteiger partial charge in [-0.05, 0) is 92.5 Å². The first kappa shape index (κ1) is 35.0. The zero-order chi connectivity index (χ0) is 33.4. The quantitative estimate of drug-likeness (QED) is 0.0877. The summed E-state index contributed by atoms with van der Waals surface area (Å²) in [5, 5.41) is 37.4. The Morgan fingerprint density at radius 1 is 1.13 bits per heavy atom. The van der Waals surface area contributed by atoms with E-state index in [1.165, 1.54) is 6.92 Å². The van der Waals surface area contributed by atoms with Gasteiger partial charge in [0.05, 0.1) is 23.5 Å². The molecular formula is C37H48N2O7S. The number of oxime groups is 1. The molecule has 1 amide bonds. The Kier molecular flexibility index (Phi) is 12.1. The van der Waals surface area contributed by atoms with Crippen LogP contribution in [0.15, 0.2) is 76.8 Å². The van der Waals surface area contributed by atoms with Gasteiger partial charge in [0.2, 0.25) is 11.7 Å². The number of hydrogen-bond acceptors (Lipinski definition) is 9. The Labute approximate surface area is 282 Å². The largest absolute Gasteiger partial charge is 0.508 e. The minimum atomic E-state index is -1.10. The summed E-state index contributed by atoms with van der Waals surface area (Å²) in [7, 11) is 0. The maximum Gasteiger partial charge on any atom is 0.231 e. The first-order valence-corrected chi connectivity index (χ1v) is 17.7. The molecule has 1 aliphatic heterocycles. The van der Waals surface area contributed by atoms with Crippen molar-refractivity contribution in [3.8, 4) is 11.5 Å². The molecule has 6 atom stereocenters. The molecule has 1 saturated carbocycles. The van der Waals surface area contributed by atoms with Crippen molar-refractivity contribution in [2.75, 3.05) is 31.7 Å². The average Bonchev–Trinajstić information content (AvgIpc) is 3.06. The predicted molar refractivity (Wildman–Crippen MR) is 185 cm³/mol. The summed E-state index contributed by atoms with van der Waals surface area (Å²) in [5.41, 5.74) is 3.58. The number of allylic oxidation sites excluding steroid dienone is 1. The minimum absolute atomic E-state index is 0.0779. The molecule has 5 rings (SSSR count). The van der Waals surface area contributed by atoms with Crippen LogP contribution in [0, 0.1) is 17.8 Å². The Bertz CT molecular complexity index is 1440. The van der Waals surface area contributed by atoms with Crippen molar-refractivity contribution in [3.05, 3.63) is 72.3 Å². The summed E-state index contributed by atoms with van der Waals surface area (Å²) in [5.74, 6) is -0.368. The van der Waals surface area contributed by atoms with Gasteiger partial charge in [-0.3, -0.25) is 4.79 Å². The number of carbonyl (C=O) groups excluding carboxylic acids is 1. The number of thioether (sulfide) groups is 1. The van der Waals surface area contributed by atoms with E-state index in [-0.39, 0.29) is 60.4 Å². The molecule has 1 heterocycles. The monoisotopic (exact) mass is 664 g/mol. The average molecular weight is 665 g/mol. The number of phenols is 1. The normalized spacial score (nSPS) is 26.9. The number of fused-ring (bicyclic) bond motifs is 2. The fraction of sp³-hybridized carbons (Fsp3) is 0.514. The van der Waals surface area contributed by atoms with E-state index in [2.05, 4.69) is 18.0 Å². The van der Waals surface area contributed by atoms with E-state index < -0.39 is 5.79 Å². The van der Waals surface area contributed by atoms with E-state index in [0.717, 1.165) is 59.5 Å². The number of rotatable bonds is 16. The molecule has 0 saturated heterocycles. The number of phenolic OH excluding ortho intramolecular Hbond substituents is 1. The van der Waals surface area contributed by atoms with Gasteiger partial charge in [-0.1, -0.05) is 30.1 Å². The van der Waals surface area contributed by atoms with E-state index in [1.54, 1.807) is 23.9 Å². The molecule has 10 heteroatoms. The van der Waals surface area contributed by atoms with Crippen molar-refractivity contribution in [2.45, 2.75) is 80.6 Å². The van der Waals surface area contributed by atoms with Gasteiger partial charge >= 0.3 is 0 Å². The Hall–Kier alpha value is -3.31. The van der Waals surface area contributed by atoms with E-state index in [0.29, 0.717) is 25.2 Å². The molecule has 4 N–H and O–H groups in total. The van der Waals surface area contributed by atoms with Crippen molar-refractivity contribution in [2.24, 2.45) is 22.9 Å². The summed E-state index contributed by atoms with van der Waals surface area (Å²) >= 11 is 1.65. The highest BCUT2D eigenvalue weighted by atomic mass is 32.2. The number of nitrogens with one attached hydrogen (secondary N) is 1. The number of carbonyl (C=O) groups is 1. The number of benzene rings is 2. The maximum atomic E-state index is 11.6. The summed E-state index contributed by atoms with van der Waals surface area (Å²) < 4.78 is 13.9. The molecule has 2 aromatic carbocycles. The van der Waals surface area contributed by atoms with Crippen molar-refractivity contribution in [1.29, 1.82) is 0 Å². The first-order valence-electron chi connectivity index (χ1n) is 16.8. The highest BCUT2D eigenvalue weighted by Crippen LogP contribution is 2.63. The number of unbranched alkanes of at least 4 members (excludes halogenated alkanes) is 2. The molecule has 0 radical (unpaired) electrons. The number of ether oxygens (including phenoxy) is 2. The van der Waals surface area contributed by atoms with Crippen molar-refractivity contribution < 1.29 is 34.4 Å². The van der Waals surface area contributed by atoms with Crippen LogP contribution in [0.25, 0.3) is 0 Å². The third kappa shape index (κ3) is 7.72. The number of hydrogen-bond donors (Lipinski definition) is 4. The van der Waals surface area contributed by atoms with E-state index >= 15 is 0 Å². The zero-order valence-corrected chi connectivity index (χ0v) is 28.2. The maximum absolute atomic E-state index is 11.6. The van der Waals surface area contributed by atoms with Crippen molar-refractivity contribution in [1.82, 2.24) is 0 Å². The smallest absolute Gasteiger partial charge is 0.231 e. The Morgan fingerprint density at radius 2 is 1.87 bits per heavy atom. The number of anilines is 1. The second-order valence-electron chi connectivity index (χ2n) is 12.5. The lowest BCUT2D eigenvalue weighted by Crippen LogP contribution is -2.64. The lowest BCUT2D eigenvalue weighted by Gasteiger charge is -2.58. The number of aliphatic hydroxyl groups is 2. The first-order chi connectivity index (χ1) is 22.8. The molecule has 0 spiro atoms. The van der Waals surface area contributed by atoms with Gasteiger partial charge in [0.25, 0.3) is 0 Å². The molecule has 1 fully saturated rings. The lowest BCUT2D eigenvalue weighted by atomic mass is 9.56.